The molecule has 1 aromatic carbocycles. The molecule has 2 aromatic rings. The lowest BCUT2D eigenvalue weighted by atomic mass is 9.75. The van der Waals surface area contributed by atoms with Gasteiger partial charge in [-0.15, -0.1) is 5.10 Å². The molecule has 0 bridgehead atoms. The molecule has 11 nitrogen and oxygen atoms in total. The molecule has 6 rings (SSSR count). The summed E-state index contributed by atoms with van der Waals surface area (Å²) in [4.78, 5) is 44.2. The number of aliphatic hydroxyl groups excluding tert-OH is 1. The number of amides is 2. The van der Waals surface area contributed by atoms with E-state index in [0.29, 0.717) is 11.9 Å². The SMILES string of the molecule is C[C@]12C=CCOC(=O)[C@H]1[C@H]1C(=O)N(CCCO)C3C(=O)N(Cn4nnc5ccccc54)CC=C[C@@]31O2. The van der Waals surface area contributed by atoms with E-state index in [9.17, 15) is 19.5 Å². The van der Waals surface area contributed by atoms with Gasteiger partial charge in [-0.3, -0.25) is 14.4 Å². The molecule has 2 saturated heterocycles. The number of ether oxygens (including phenoxy) is 2. The average Bonchev–Trinajstić information content (AvgIpc) is 3.38. The lowest BCUT2D eigenvalue weighted by Crippen LogP contribution is -2.56. The van der Waals surface area contributed by atoms with Crippen LogP contribution in [-0.2, 0) is 30.5 Å². The van der Waals surface area contributed by atoms with Gasteiger partial charge in [0.25, 0.3) is 5.91 Å². The predicted molar refractivity (Wildman–Crippen MR) is 125 cm³/mol. The van der Waals surface area contributed by atoms with Crippen LogP contribution in [0.3, 0.4) is 0 Å². The molecular weight excluding hydrogens is 466 g/mol. The number of esters is 1. The maximum Gasteiger partial charge on any atom is 0.313 e. The Bertz CT molecular complexity index is 1300. The first-order chi connectivity index (χ1) is 17.4. The first kappa shape index (κ1) is 22.9. The van der Waals surface area contributed by atoms with Crippen molar-refractivity contribution in [2.75, 3.05) is 26.3 Å². The summed E-state index contributed by atoms with van der Waals surface area (Å²) in [5.41, 5.74) is -0.949. The maximum atomic E-state index is 14.2. The number of carbonyl (C=O) groups excluding carboxylic acids is 3. The Kier molecular flexibility index (Phi) is 5.23. The molecule has 11 heteroatoms. The molecule has 1 N–H and O–H groups in total. The average molecular weight is 494 g/mol. The summed E-state index contributed by atoms with van der Waals surface area (Å²) in [6.45, 7) is 2.29. The minimum absolute atomic E-state index is 0.105. The number of aromatic nitrogens is 3. The molecule has 4 aliphatic heterocycles. The van der Waals surface area contributed by atoms with Gasteiger partial charge >= 0.3 is 5.97 Å². The van der Waals surface area contributed by atoms with Crippen molar-refractivity contribution in [2.24, 2.45) is 11.8 Å². The van der Waals surface area contributed by atoms with Crippen LogP contribution in [0.1, 0.15) is 13.3 Å². The first-order valence-electron chi connectivity index (χ1n) is 12.1. The molecule has 0 aliphatic carbocycles. The smallest absolute Gasteiger partial charge is 0.313 e. The zero-order chi connectivity index (χ0) is 25.1. The summed E-state index contributed by atoms with van der Waals surface area (Å²) in [6.07, 6.45) is 7.36. The van der Waals surface area contributed by atoms with Gasteiger partial charge < -0.3 is 24.4 Å². The van der Waals surface area contributed by atoms with Crippen molar-refractivity contribution in [3.63, 3.8) is 0 Å². The van der Waals surface area contributed by atoms with Gasteiger partial charge in [0.2, 0.25) is 5.91 Å². The third-order valence-corrected chi connectivity index (χ3v) is 7.68. The van der Waals surface area contributed by atoms with Crippen LogP contribution in [0.2, 0.25) is 0 Å². The molecule has 2 amide bonds. The minimum Gasteiger partial charge on any atom is -0.461 e. The number of benzene rings is 1. The fraction of sp³-hybridized carbons (Fsp3) is 0.480. The second-order valence-corrected chi connectivity index (χ2v) is 9.82. The van der Waals surface area contributed by atoms with Gasteiger partial charge in [-0.25, -0.2) is 4.68 Å². The van der Waals surface area contributed by atoms with E-state index in [1.165, 1.54) is 4.90 Å². The Hall–Kier alpha value is -3.57. The molecule has 1 aromatic heterocycles. The number of fused-ring (bicyclic) bond motifs is 3. The molecule has 2 fully saturated rings. The number of hydrogen-bond acceptors (Lipinski definition) is 8. The van der Waals surface area contributed by atoms with E-state index in [1.54, 1.807) is 34.7 Å². The van der Waals surface area contributed by atoms with Gasteiger partial charge in [0.1, 0.15) is 36.4 Å². The quantitative estimate of drug-likeness (QED) is 0.464. The van der Waals surface area contributed by atoms with E-state index in [4.69, 9.17) is 9.47 Å². The summed E-state index contributed by atoms with van der Waals surface area (Å²) in [6, 6.07) is 6.47. The highest BCUT2D eigenvalue weighted by atomic mass is 16.6. The largest absolute Gasteiger partial charge is 0.461 e. The van der Waals surface area contributed by atoms with Crippen LogP contribution >= 0.6 is 0 Å². The van der Waals surface area contributed by atoms with Crippen LogP contribution in [0, 0.1) is 11.8 Å². The minimum atomic E-state index is -1.34. The van der Waals surface area contributed by atoms with Gasteiger partial charge in [0.15, 0.2) is 0 Å². The molecule has 188 valence electrons. The van der Waals surface area contributed by atoms with Gasteiger partial charge in [-0.2, -0.15) is 0 Å². The number of aliphatic hydroxyl groups is 1. The summed E-state index contributed by atoms with van der Waals surface area (Å²) >= 11 is 0. The van der Waals surface area contributed by atoms with Crippen molar-refractivity contribution in [2.45, 2.75) is 37.3 Å². The molecule has 5 atom stereocenters. The molecule has 4 aliphatic rings. The van der Waals surface area contributed by atoms with E-state index in [2.05, 4.69) is 10.3 Å². The molecule has 36 heavy (non-hydrogen) atoms. The number of cyclic esters (lactones) is 1. The summed E-state index contributed by atoms with van der Waals surface area (Å²) in [5.74, 6) is -3.00. The maximum absolute atomic E-state index is 14.2. The van der Waals surface area contributed by atoms with Crippen LogP contribution in [0.25, 0.3) is 11.0 Å². The van der Waals surface area contributed by atoms with Gasteiger partial charge in [-0.1, -0.05) is 35.6 Å². The Morgan fingerprint density at radius 1 is 1.11 bits per heavy atom. The number of nitrogens with zero attached hydrogens (tertiary/aromatic N) is 5. The van der Waals surface area contributed by atoms with E-state index < -0.39 is 35.0 Å². The summed E-state index contributed by atoms with van der Waals surface area (Å²) in [5, 5.41) is 17.9. The molecule has 1 unspecified atom stereocenters. The Balaban J connectivity index is 1.42. The Morgan fingerprint density at radius 2 is 1.94 bits per heavy atom. The van der Waals surface area contributed by atoms with E-state index in [0.717, 1.165) is 5.52 Å². The normalized spacial score (nSPS) is 33.4. The van der Waals surface area contributed by atoms with Crippen molar-refractivity contribution in [3.05, 3.63) is 48.6 Å². The van der Waals surface area contributed by atoms with Crippen LogP contribution in [-0.4, -0.2) is 91.2 Å². The Morgan fingerprint density at radius 3 is 2.78 bits per heavy atom. The summed E-state index contributed by atoms with van der Waals surface area (Å²) in [7, 11) is 0. The van der Waals surface area contributed by atoms with Crippen molar-refractivity contribution in [1.82, 2.24) is 24.8 Å². The van der Waals surface area contributed by atoms with Crippen LogP contribution < -0.4 is 0 Å². The molecular formula is C25H27N5O6. The first-order valence-corrected chi connectivity index (χ1v) is 12.1. The highest BCUT2D eigenvalue weighted by Gasteiger charge is 2.74. The zero-order valence-electron chi connectivity index (χ0n) is 19.8. The fourth-order valence-corrected chi connectivity index (χ4v) is 6.19. The predicted octanol–water partition coefficient (Wildman–Crippen LogP) is 0.254. The van der Waals surface area contributed by atoms with Gasteiger partial charge in [0, 0.05) is 19.7 Å². The summed E-state index contributed by atoms with van der Waals surface area (Å²) < 4.78 is 13.6. The van der Waals surface area contributed by atoms with Crippen molar-refractivity contribution in [3.8, 4) is 0 Å². The highest BCUT2D eigenvalue weighted by molar-refractivity contribution is 5.99. The molecule has 0 saturated carbocycles. The van der Waals surface area contributed by atoms with E-state index in [1.807, 2.05) is 30.3 Å². The fourth-order valence-electron chi connectivity index (χ4n) is 6.19. The van der Waals surface area contributed by atoms with E-state index in [-0.39, 0.29) is 44.8 Å². The van der Waals surface area contributed by atoms with Crippen LogP contribution in [0.4, 0.5) is 0 Å². The third kappa shape index (κ3) is 3.15. The number of likely N-dealkylation sites (tertiary alicyclic amines) is 1. The number of hydrogen-bond donors (Lipinski definition) is 1. The number of para-hydroxylation sites is 1. The van der Waals surface area contributed by atoms with Crippen LogP contribution in [0.15, 0.2) is 48.6 Å². The second kappa shape index (κ2) is 8.24. The number of rotatable bonds is 5. The van der Waals surface area contributed by atoms with Crippen molar-refractivity contribution < 1.29 is 29.0 Å². The standard InChI is InChI=1S/C25H27N5O6/c1-24-9-5-14-35-23(34)19(24)18-21(32)29(12-6-13-31)20-22(33)28(11-4-10-25(18,20)36-24)15-30-17-8-3-2-7-16(17)26-27-30/h2-5,7-10,18-20,31H,6,11-15H2,1H3/t18-,19+,20?,24-,25-/m0/s1. The Labute approximate surface area is 206 Å². The van der Waals surface area contributed by atoms with Crippen LogP contribution in [0.5, 0.6) is 0 Å². The highest BCUT2D eigenvalue weighted by Crippen LogP contribution is 2.57. The molecule has 1 spiro atoms. The second-order valence-electron chi connectivity index (χ2n) is 9.82. The van der Waals surface area contributed by atoms with E-state index >= 15 is 0 Å². The lowest BCUT2D eigenvalue weighted by Gasteiger charge is -2.37. The molecule has 0 radical (unpaired) electrons. The van der Waals surface area contributed by atoms with Crippen molar-refractivity contribution in [1.29, 1.82) is 0 Å². The third-order valence-electron chi connectivity index (χ3n) is 7.68. The monoisotopic (exact) mass is 493 g/mol. The van der Waals surface area contributed by atoms with Gasteiger partial charge in [-0.05, 0) is 31.6 Å². The topological polar surface area (TPSA) is 127 Å². The number of carbonyl (C=O) groups is 3. The lowest BCUT2D eigenvalue weighted by molar-refractivity contribution is -0.158. The van der Waals surface area contributed by atoms with Gasteiger partial charge in [0.05, 0.1) is 17.0 Å². The molecule has 5 heterocycles. The zero-order valence-corrected chi connectivity index (χ0v) is 19.8. The van der Waals surface area contributed by atoms with Crippen molar-refractivity contribution >= 4 is 28.8 Å².